The molecule has 0 atom stereocenters. The minimum Gasteiger partial charge on any atom is -0.493 e. The van der Waals surface area contributed by atoms with Gasteiger partial charge in [-0.25, -0.2) is 0 Å². The molecule has 1 N–H and O–H groups in total. The molecular weight excluding hydrogens is 372 g/mol. The van der Waals surface area contributed by atoms with Gasteiger partial charge in [0, 0.05) is 24.4 Å². The fraction of sp³-hybridized carbons (Fsp3) is 0.318. The lowest BCUT2D eigenvalue weighted by atomic mass is 10.2. The van der Waals surface area contributed by atoms with E-state index in [0.717, 1.165) is 11.3 Å². The van der Waals surface area contributed by atoms with E-state index in [9.17, 15) is 4.79 Å². The number of nitrogens with zero attached hydrogens (tertiary/aromatic N) is 1. The summed E-state index contributed by atoms with van der Waals surface area (Å²) < 4.78 is 21.4. The molecule has 1 amide bonds. The van der Waals surface area contributed by atoms with Crippen LogP contribution in [0, 0.1) is 0 Å². The minimum absolute atomic E-state index is 0.146. The van der Waals surface area contributed by atoms with Crippen LogP contribution in [0.25, 0.3) is 0 Å². The first-order valence-electron chi connectivity index (χ1n) is 9.11. The average Bonchev–Trinajstić information content (AvgIpc) is 2.72. The summed E-state index contributed by atoms with van der Waals surface area (Å²) in [6, 6.07) is 11.2. The molecule has 7 heteroatoms. The predicted octanol–water partition coefficient (Wildman–Crippen LogP) is 3.35. The van der Waals surface area contributed by atoms with Gasteiger partial charge in [-0.3, -0.25) is 9.69 Å². The lowest BCUT2D eigenvalue weighted by Crippen LogP contribution is -2.29. The number of benzene rings is 2. The Kier molecular flexibility index (Phi) is 8.36. The summed E-state index contributed by atoms with van der Waals surface area (Å²) in [6.07, 6.45) is 1.70. The standard InChI is InChI=1S/C22H28N2O5/c1-6-11-29-18-9-7-16(8-10-18)14-24(2)15-21(25)23-17-12-19(26-3)22(28-5)20(13-17)27-4/h6-10,12-13H,1,11,14-15H2,2-5H3,(H,23,25). The number of carbonyl (C=O) groups is 1. The number of amides is 1. The lowest BCUT2D eigenvalue weighted by molar-refractivity contribution is -0.117. The molecule has 0 aliphatic heterocycles. The van der Waals surface area contributed by atoms with Gasteiger partial charge < -0.3 is 24.3 Å². The van der Waals surface area contributed by atoms with E-state index in [4.69, 9.17) is 18.9 Å². The Labute approximate surface area is 171 Å². The van der Waals surface area contributed by atoms with E-state index in [-0.39, 0.29) is 12.5 Å². The molecule has 0 aliphatic rings. The third-order valence-electron chi connectivity index (χ3n) is 4.11. The maximum atomic E-state index is 12.4. The molecule has 2 aromatic rings. The van der Waals surface area contributed by atoms with Crippen molar-refractivity contribution in [1.82, 2.24) is 4.90 Å². The van der Waals surface area contributed by atoms with Gasteiger partial charge in [-0.1, -0.05) is 24.8 Å². The van der Waals surface area contributed by atoms with Crippen molar-refractivity contribution < 1.29 is 23.7 Å². The van der Waals surface area contributed by atoms with Gasteiger partial charge in [-0.05, 0) is 24.7 Å². The van der Waals surface area contributed by atoms with Crippen LogP contribution in [0.1, 0.15) is 5.56 Å². The molecule has 0 unspecified atom stereocenters. The fourth-order valence-electron chi connectivity index (χ4n) is 2.81. The van der Waals surface area contributed by atoms with Gasteiger partial charge in [0.1, 0.15) is 12.4 Å². The summed E-state index contributed by atoms with van der Waals surface area (Å²) in [6.45, 7) is 4.96. The Bertz CT molecular complexity index is 795. The molecule has 0 aliphatic carbocycles. The molecular formula is C22H28N2O5. The Balaban J connectivity index is 1.95. The van der Waals surface area contributed by atoms with E-state index in [1.165, 1.54) is 21.3 Å². The zero-order valence-corrected chi connectivity index (χ0v) is 17.4. The van der Waals surface area contributed by atoms with Crippen molar-refractivity contribution in [1.29, 1.82) is 0 Å². The van der Waals surface area contributed by atoms with Crippen molar-refractivity contribution in [2.75, 3.05) is 46.8 Å². The maximum absolute atomic E-state index is 12.4. The van der Waals surface area contributed by atoms with E-state index in [0.29, 0.717) is 36.1 Å². The van der Waals surface area contributed by atoms with Crippen LogP contribution in [0.5, 0.6) is 23.0 Å². The van der Waals surface area contributed by atoms with Crippen LogP contribution in [0.4, 0.5) is 5.69 Å². The third kappa shape index (κ3) is 6.43. The number of carbonyl (C=O) groups excluding carboxylic acids is 1. The molecule has 0 saturated heterocycles. The third-order valence-corrected chi connectivity index (χ3v) is 4.11. The highest BCUT2D eigenvalue weighted by molar-refractivity contribution is 5.93. The van der Waals surface area contributed by atoms with E-state index in [1.54, 1.807) is 18.2 Å². The van der Waals surface area contributed by atoms with Crippen molar-refractivity contribution >= 4 is 11.6 Å². The minimum atomic E-state index is -0.146. The van der Waals surface area contributed by atoms with E-state index in [2.05, 4.69) is 11.9 Å². The monoisotopic (exact) mass is 400 g/mol. The largest absolute Gasteiger partial charge is 0.493 e. The zero-order valence-electron chi connectivity index (χ0n) is 17.4. The molecule has 0 heterocycles. The quantitative estimate of drug-likeness (QED) is 0.584. The number of likely N-dealkylation sites (N-methyl/N-ethyl adjacent to an activating group) is 1. The predicted molar refractivity (Wildman–Crippen MR) is 113 cm³/mol. The molecule has 2 aromatic carbocycles. The molecule has 29 heavy (non-hydrogen) atoms. The van der Waals surface area contributed by atoms with Crippen molar-refractivity contribution in [2.45, 2.75) is 6.54 Å². The second-order valence-electron chi connectivity index (χ2n) is 6.38. The Morgan fingerprint density at radius 2 is 1.69 bits per heavy atom. The number of nitrogens with one attached hydrogen (secondary N) is 1. The van der Waals surface area contributed by atoms with Crippen LogP contribution in [0.2, 0.25) is 0 Å². The number of anilines is 1. The molecule has 7 nitrogen and oxygen atoms in total. The van der Waals surface area contributed by atoms with E-state index in [1.807, 2.05) is 36.2 Å². The Morgan fingerprint density at radius 3 is 2.21 bits per heavy atom. The van der Waals surface area contributed by atoms with Crippen LogP contribution in [-0.2, 0) is 11.3 Å². The van der Waals surface area contributed by atoms with Crippen molar-refractivity contribution in [3.8, 4) is 23.0 Å². The second-order valence-corrected chi connectivity index (χ2v) is 6.38. The number of rotatable bonds is 11. The molecule has 0 radical (unpaired) electrons. The van der Waals surface area contributed by atoms with Gasteiger partial charge >= 0.3 is 0 Å². The Morgan fingerprint density at radius 1 is 1.07 bits per heavy atom. The highest BCUT2D eigenvalue weighted by Crippen LogP contribution is 2.39. The second kappa shape index (κ2) is 11.0. The van der Waals surface area contributed by atoms with Gasteiger partial charge in [0.2, 0.25) is 11.7 Å². The van der Waals surface area contributed by atoms with Crippen LogP contribution in [0.3, 0.4) is 0 Å². The Hall–Kier alpha value is -3.19. The lowest BCUT2D eigenvalue weighted by Gasteiger charge is -2.18. The van der Waals surface area contributed by atoms with Crippen molar-refractivity contribution in [3.63, 3.8) is 0 Å². The highest BCUT2D eigenvalue weighted by atomic mass is 16.5. The van der Waals surface area contributed by atoms with Gasteiger partial charge in [-0.15, -0.1) is 0 Å². The summed E-state index contributed by atoms with van der Waals surface area (Å²) in [4.78, 5) is 14.4. The summed E-state index contributed by atoms with van der Waals surface area (Å²) in [7, 11) is 6.48. The maximum Gasteiger partial charge on any atom is 0.238 e. The van der Waals surface area contributed by atoms with Crippen molar-refractivity contribution in [2.24, 2.45) is 0 Å². The first-order valence-corrected chi connectivity index (χ1v) is 9.11. The molecule has 0 bridgehead atoms. The highest BCUT2D eigenvalue weighted by Gasteiger charge is 2.15. The van der Waals surface area contributed by atoms with Crippen LogP contribution in [-0.4, -0.2) is 52.3 Å². The average molecular weight is 400 g/mol. The molecule has 0 aromatic heterocycles. The molecule has 0 fully saturated rings. The van der Waals surface area contributed by atoms with Gasteiger partial charge in [0.05, 0.1) is 27.9 Å². The van der Waals surface area contributed by atoms with Crippen LogP contribution in [0.15, 0.2) is 49.1 Å². The molecule has 0 saturated carbocycles. The first-order chi connectivity index (χ1) is 14.0. The number of ether oxygens (including phenoxy) is 4. The zero-order chi connectivity index (χ0) is 21.2. The molecule has 2 rings (SSSR count). The van der Waals surface area contributed by atoms with Gasteiger partial charge in [0.25, 0.3) is 0 Å². The normalized spacial score (nSPS) is 10.4. The van der Waals surface area contributed by atoms with Gasteiger partial charge in [-0.2, -0.15) is 0 Å². The first kappa shape index (κ1) is 22.1. The van der Waals surface area contributed by atoms with E-state index < -0.39 is 0 Å². The molecule has 0 spiro atoms. The SMILES string of the molecule is C=CCOc1ccc(CN(C)CC(=O)Nc2cc(OC)c(OC)c(OC)c2)cc1. The molecule has 156 valence electrons. The summed E-state index contributed by atoms with van der Waals surface area (Å²) in [5.74, 6) is 2.08. The van der Waals surface area contributed by atoms with Crippen LogP contribution < -0.4 is 24.3 Å². The topological polar surface area (TPSA) is 69.3 Å². The number of methoxy groups -OCH3 is 3. The number of hydrogen-bond donors (Lipinski definition) is 1. The van der Waals surface area contributed by atoms with Crippen molar-refractivity contribution in [3.05, 3.63) is 54.6 Å². The smallest absolute Gasteiger partial charge is 0.238 e. The van der Waals surface area contributed by atoms with Crippen LogP contribution >= 0.6 is 0 Å². The fourth-order valence-corrected chi connectivity index (χ4v) is 2.81. The summed E-state index contributed by atoms with van der Waals surface area (Å²) >= 11 is 0. The number of hydrogen-bond acceptors (Lipinski definition) is 6. The van der Waals surface area contributed by atoms with Gasteiger partial charge in [0.15, 0.2) is 11.5 Å². The summed E-state index contributed by atoms with van der Waals surface area (Å²) in [5.41, 5.74) is 1.65. The van der Waals surface area contributed by atoms with E-state index >= 15 is 0 Å². The summed E-state index contributed by atoms with van der Waals surface area (Å²) in [5, 5.41) is 2.87.